The highest BCUT2D eigenvalue weighted by Crippen LogP contribution is 2.35. The lowest BCUT2D eigenvalue weighted by Crippen LogP contribution is -2.35. The van der Waals surface area contributed by atoms with E-state index in [9.17, 15) is 18.0 Å². The predicted molar refractivity (Wildman–Crippen MR) is 115 cm³/mol. The molecule has 182 valence electrons. The monoisotopic (exact) mass is 480 g/mol. The third kappa shape index (κ3) is 4.10. The number of carbonyl (C=O) groups is 1. The van der Waals surface area contributed by atoms with E-state index < -0.39 is 23.6 Å². The Balaban J connectivity index is 1.44. The summed E-state index contributed by atoms with van der Waals surface area (Å²) in [6, 6.07) is 4.03. The van der Waals surface area contributed by atoms with Gasteiger partial charge in [0.25, 0.3) is 0 Å². The van der Waals surface area contributed by atoms with Crippen LogP contribution in [0.3, 0.4) is 0 Å². The Hall–Kier alpha value is -3.15. The summed E-state index contributed by atoms with van der Waals surface area (Å²) in [4.78, 5) is 13.7. The summed E-state index contributed by atoms with van der Waals surface area (Å²) in [7, 11) is 0. The summed E-state index contributed by atoms with van der Waals surface area (Å²) in [6.07, 6.45) is -3.17. The zero-order chi connectivity index (χ0) is 24.0. The minimum Gasteiger partial charge on any atom is -0.379 e. The molecule has 12 heteroatoms. The van der Waals surface area contributed by atoms with Crippen molar-refractivity contribution >= 4 is 23.1 Å². The lowest BCUT2D eigenvalue weighted by atomic mass is 9.94. The number of alkyl halides is 3. The van der Waals surface area contributed by atoms with Crippen LogP contribution < -0.4 is 10.7 Å². The predicted octanol–water partition coefficient (Wildman–Crippen LogP) is 3.24. The number of halogens is 4. The number of hydrogen-bond donors (Lipinski definition) is 2. The van der Waals surface area contributed by atoms with Crippen molar-refractivity contribution in [2.45, 2.75) is 44.4 Å². The van der Waals surface area contributed by atoms with E-state index in [1.165, 1.54) is 19.1 Å². The molecule has 2 atom stereocenters. The van der Waals surface area contributed by atoms with E-state index in [-0.39, 0.29) is 29.7 Å². The zero-order valence-electron chi connectivity index (χ0n) is 18.5. The van der Waals surface area contributed by atoms with Crippen molar-refractivity contribution in [3.63, 3.8) is 0 Å². The van der Waals surface area contributed by atoms with Gasteiger partial charge in [0.15, 0.2) is 11.5 Å². The average molecular weight is 480 g/mol. The van der Waals surface area contributed by atoms with E-state index >= 15 is 4.39 Å². The second kappa shape index (κ2) is 8.57. The number of nitrogens with one attached hydrogen (secondary N) is 2. The fraction of sp³-hybridized carbons (Fsp3) is 0.500. The molecule has 2 unspecified atom stereocenters. The summed E-state index contributed by atoms with van der Waals surface area (Å²) in [5, 5.41) is 11.0. The van der Waals surface area contributed by atoms with Crippen molar-refractivity contribution in [3.8, 4) is 0 Å². The Morgan fingerprint density at radius 1 is 1.32 bits per heavy atom. The zero-order valence-corrected chi connectivity index (χ0v) is 18.5. The summed E-state index contributed by atoms with van der Waals surface area (Å²) in [5.74, 6) is -1.41. The topological polar surface area (TPSA) is 83.8 Å². The van der Waals surface area contributed by atoms with Gasteiger partial charge in [0, 0.05) is 44.3 Å². The number of benzene rings is 1. The van der Waals surface area contributed by atoms with Crippen LogP contribution in [0.4, 0.5) is 29.1 Å². The van der Waals surface area contributed by atoms with Gasteiger partial charge in [0.1, 0.15) is 5.82 Å². The smallest absolute Gasteiger partial charge is 0.379 e. The molecule has 1 aromatic heterocycles. The Bertz CT molecular complexity index is 1140. The van der Waals surface area contributed by atoms with Crippen LogP contribution in [0.15, 0.2) is 23.3 Å². The second-order valence-electron chi connectivity index (χ2n) is 8.70. The SMILES string of the molecule is CC(=O)N1CCc2c(c(Nc3ccc(C4CNN=C4C(F)(F)F)cc3F)nn2C2CCOC2)C1. The second-order valence-corrected chi connectivity index (χ2v) is 8.70. The molecular formula is C22H24F4N6O2. The van der Waals surface area contributed by atoms with Crippen LogP contribution in [0.25, 0.3) is 0 Å². The highest BCUT2D eigenvalue weighted by Gasteiger charge is 2.44. The van der Waals surface area contributed by atoms with Gasteiger partial charge >= 0.3 is 6.18 Å². The molecule has 4 heterocycles. The van der Waals surface area contributed by atoms with Crippen LogP contribution in [0, 0.1) is 5.82 Å². The first kappa shape index (κ1) is 22.6. The van der Waals surface area contributed by atoms with Crippen molar-refractivity contribution in [3.05, 3.63) is 40.8 Å². The number of rotatable bonds is 4. The molecule has 1 fully saturated rings. The molecule has 1 aromatic carbocycles. The average Bonchev–Trinajstić information content (AvgIpc) is 3.54. The Morgan fingerprint density at radius 3 is 2.82 bits per heavy atom. The van der Waals surface area contributed by atoms with Crippen LogP contribution in [0.2, 0.25) is 0 Å². The molecule has 8 nitrogen and oxygen atoms in total. The van der Waals surface area contributed by atoms with Gasteiger partial charge in [-0.15, -0.1) is 0 Å². The van der Waals surface area contributed by atoms with Gasteiger partial charge in [-0.1, -0.05) is 6.07 Å². The molecule has 0 spiro atoms. The summed E-state index contributed by atoms with van der Waals surface area (Å²) in [6.45, 7) is 3.54. The van der Waals surface area contributed by atoms with Gasteiger partial charge in [-0.2, -0.15) is 23.4 Å². The maximum absolute atomic E-state index is 15.0. The molecule has 0 saturated carbocycles. The van der Waals surface area contributed by atoms with Crippen LogP contribution in [0.5, 0.6) is 0 Å². The largest absolute Gasteiger partial charge is 0.431 e. The number of carbonyl (C=O) groups excluding carboxylic acids is 1. The first-order valence-corrected chi connectivity index (χ1v) is 11.1. The number of amides is 1. The minimum absolute atomic E-state index is 0.0523. The molecular weight excluding hydrogens is 456 g/mol. The molecule has 0 bridgehead atoms. The van der Waals surface area contributed by atoms with E-state index in [0.29, 0.717) is 38.5 Å². The quantitative estimate of drug-likeness (QED) is 0.657. The van der Waals surface area contributed by atoms with Crippen molar-refractivity contribution in [2.24, 2.45) is 5.10 Å². The normalized spacial score (nSPS) is 22.4. The van der Waals surface area contributed by atoms with Crippen LogP contribution in [-0.4, -0.2) is 58.8 Å². The maximum atomic E-state index is 15.0. The van der Waals surface area contributed by atoms with Gasteiger partial charge in [-0.05, 0) is 24.1 Å². The highest BCUT2D eigenvalue weighted by molar-refractivity contribution is 5.96. The Morgan fingerprint density at radius 2 is 2.15 bits per heavy atom. The number of nitrogens with zero attached hydrogens (tertiary/aromatic N) is 4. The van der Waals surface area contributed by atoms with Gasteiger partial charge < -0.3 is 20.4 Å². The van der Waals surface area contributed by atoms with Crippen molar-refractivity contribution in [2.75, 3.05) is 31.6 Å². The van der Waals surface area contributed by atoms with Crippen molar-refractivity contribution < 1.29 is 27.1 Å². The molecule has 2 aromatic rings. The fourth-order valence-electron chi connectivity index (χ4n) is 4.74. The van der Waals surface area contributed by atoms with Crippen molar-refractivity contribution in [1.29, 1.82) is 0 Å². The fourth-order valence-corrected chi connectivity index (χ4v) is 4.74. The van der Waals surface area contributed by atoms with E-state index in [2.05, 4.69) is 15.8 Å². The third-order valence-electron chi connectivity index (χ3n) is 6.55. The molecule has 2 N–H and O–H groups in total. The Kier molecular flexibility index (Phi) is 5.70. The molecule has 0 aliphatic carbocycles. The maximum Gasteiger partial charge on any atom is 0.431 e. The van der Waals surface area contributed by atoms with Crippen LogP contribution in [0.1, 0.15) is 42.1 Å². The third-order valence-corrected chi connectivity index (χ3v) is 6.55. The first-order chi connectivity index (χ1) is 16.2. The molecule has 1 amide bonds. The minimum atomic E-state index is -4.60. The van der Waals surface area contributed by atoms with E-state index in [4.69, 9.17) is 9.84 Å². The highest BCUT2D eigenvalue weighted by atomic mass is 19.4. The Labute approximate surface area is 192 Å². The van der Waals surface area contributed by atoms with Gasteiger partial charge in [-0.3, -0.25) is 9.48 Å². The molecule has 3 aliphatic rings. The number of ether oxygens (including phenoxy) is 1. The molecule has 0 radical (unpaired) electrons. The lowest BCUT2D eigenvalue weighted by Gasteiger charge is -2.27. The van der Waals surface area contributed by atoms with E-state index in [1.54, 1.807) is 4.90 Å². The van der Waals surface area contributed by atoms with E-state index in [1.807, 2.05) is 4.68 Å². The number of hydrazone groups is 1. The number of aromatic nitrogens is 2. The number of anilines is 2. The lowest BCUT2D eigenvalue weighted by molar-refractivity contribution is -0.129. The molecule has 3 aliphatic heterocycles. The number of fused-ring (bicyclic) bond motifs is 1. The molecule has 1 saturated heterocycles. The summed E-state index contributed by atoms with van der Waals surface area (Å²) in [5.41, 5.74) is 3.45. The molecule has 5 rings (SSSR count). The molecule has 34 heavy (non-hydrogen) atoms. The number of hydrogen-bond acceptors (Lipinski definition) is 6. The van der Waals surface area contributed by atoms with E-state index in [0.717, 1.165) is 23.7 Å². The van der Waals surface area contributed by atoms with Crippen molar-refractivity contribution in [1.82, 2.24) is 20.1 Å². The van der Waals surface area contributed by atoms with Gasteiger partial charge in [0.05, 0.1) is 30.8 Å². The van der Waals surface area contributed by atoms with Crippen LogP contribution >= 0.6 is 0 Å². The standard InChI is InChI=1S/C22H24F4N6O2/c1-12(33)31-6-4-19-16(10-31)21(30-32(19)14-5-7-34-11-14)28-18-3-2-13(8-17(18)23)15-9-27-29-20(15)22(24,25)26/h2-3,8,14-15,27H,4-7,9-11H2,1H3,(H,28,30). The summed E-state index contributed by atoms with van der Waals surface area (Å²) >= 11 is 0. The first-order valence-electron chi connectivity index (χ1n) is 11.1. The van der Waals surface area contributed by atoms with Crippen LogP contribution in [-0.2, 0) is 22.5 Å². The van der Waals surface area contributed by atoms with Gasteiger partial charge in [0.2, 0.25) is 5.91 Å². The van der Waals surface area contributed by atoms with Gasteiger partial charge in [-0.25, -0.2) is 4.39 Å². The summed E-state index contributed by atoms with van der Waals surface area (Å²) < 4.78 is 62.1.